The molecule has 32 heavy (non-hydrogen) atoms. The number of amides is 1. The van der Waals surface area contributed by atoms with Gasteiger partial charge in [0.2, 0.25) is 15.9 Å². The van der Waals surface area contributed by atoms with Crippen molar-refractivity contribution in [3.8, 4) is 0 Å². The number of piperidine rings is 1. The topological polar surface area (TPSA) is 99.6 Å². The van der Waals surface area contributed by atoms with Gasteiger partial charge in [0.1, 0.15) is 21.7 Å². The third kappa shape index (κ3) is 3.96. The largest absolute Gasteiger partial charge is 0.353 e. The van der Waals surface area contributed by atoms with Gasteiger partial charge in [-0.3, -0.25) is 4.79 Å². The maximum absolute atomic E-state index is 13.4. The van der Waals surface area contributed by atoms with Crippen molar-refractivity contribution >= 4 is 44.5 Å². The van der Waals surface area contributed by atoms with Gasteiger partial charge in [0, 0.05) is 45.5 Å². The van der Waals surface area contributed by atoms with Gasteiger partial charge < -0.3 is 9.80 Å². The van der Waals surface area contributed by atoms with Gasteiger partial charge in [-0.1, -0.05) is 12.1 Å². The summed E-state index contributed by atoms with van der Waals surface area (Å²) in [5, 5.41) is 0. The van der Waals surface area contributed by atoms with E-state index >= 15 is 0 Å². The first-order chi connectivity index (χ1) is 15.5. The van der Waals surface area contributed by atoms with E-state index in [1.165, 1.54) is 4.31 Å². The lowest BCUT2D eigenvalue weighted by molar-refractivity contribution is -0.137. The molecule has 4 heterocycles. The van der Waals surface area contributed by atoms with E-state index in [1.54, 1.807) is 24.4 Å². The first-order valence-corrected chi connectivity index (χ1v) is 12.9. The van der Waals surface area contributed by atoms with Gasteiger partial charge in [0.15, 0.2) is 0 Å². The first-order valence-electron chi connectivity index (χ1n) is 10.7. The van der Waals surface area contributed by atoms with Crippen molar-refractivity contribution in [3.63, 3.8) is 0 Å². The summed E-state index contributed by atoms with van der Waals surface area (Å²) in [6.45, 7) is 3.28. The number of sulfonamides is 1. The SMILES string of the molecule is O=C([C@@H]1CCCN(S(=O)(=O)c2cccc3nsnc23)C1)N1CCN(c2ccccn2)CC1. The predicted octanol–water partition coefficient (Wildman–Crippen LogP) is 1.84. The van der Waals surface area contributed by atoms with Crippen molar-refractivity contribution in [1.29, 1.82) is 0 Å². The molecule has 1 aromatic carbocycles. The number of benzene rings is 1. The number of piperazine rings is 1. The summed E-state index contributed by atoms with van der Waals surface area (Å²) in [7, 11) is -3.75. The molecule has 2 saturated heterocycles. The Bertz CT molecular complexity index is 1210. The molecule has 1 atom stereocenters. The van der Waals surface area contributed by atoms with E-state index in [9.17, 15) is 13.2 Å². The number of hydrogen-bond donors (Lipinski definition) is 0. The highest BCUT2D eigenvalue weighted by molar-refractivity contribution is 7.89. The van der Waals surface area contributed by atoms with Crippen LogP contribution in [0.25, 0.3) is 11.0 Å². The van der Waals surface area contributed by atoms with Crippen LogP contribution in [0.2, 0.25) is 0 Å². The van der Waals surface area contributed by atoms with Gasteiger partial charge in [-0.2, -0.15) is 13.1 Å². The molecular weight excluding hydrogens is 448 g/mol. The molecule has 2 aromatic heterocycles. The Labute approximate surface area is 191 Å². The summed E-state index contributed by atoms with van der Waals surface area (Å²) >= 11 is 1.00. The molecule has 0 bridgehead atoms. The highest BCUT2D eigenvalue weighted by atomic mass is 32.2. The minimum absolute atomic E-state index is 0.0408. The van der Waals surface area contributed by atoms with Crippen LogP contribution in [-0.4, -0.2) is 76.5 Å². The zero-order valence-electron chi connectivity index (χ0n) is 17.5. The molecule has 2 aliphatic heterocycles. The zero-order valence-corrected chi connectivity index (χ0v) is 19.1. The molecule has 5 rings (SSSR count). The number of hydrogen-bond acceptors (Lipinski definition) is 8. The second-order valence-electron chi connectivity index (χ2n) is 8.09. The van der Waals surface area contributed by atoms with Crippen LogP contribution in [0.1, 0.15) is 12.8 Å². The van der Waals surface area contributed by atoms with Gasteiger partial charge in [-0.25, -0.2) is 13.4 Å². The Morgan fingerprint density at radius 2 is 1.84 bits per heavy atom. The van der Waals surface area contributed by atoms with E-state index in [0.29, 0.717) is 43.5 Å². The van der Waals surface area contributed by atoms with Crippen molar-refractivity contribution in [1.82, 2.24) is 22.9 Å². The number of pyridine rings is 1. The third-order valence-electron chi connectivity index (χ3n) is 6.16. The predicted molar refractivity (Wildman–Crippen MR) is 122 cm³/mol. The summed E-state index contributed by atoms with van der Waals surface area (Å²) in [5.41, 5.74) is 0.975. The zero-order chi connectivity index (χ0) is 22.1. The molecule has 0 saturated carbocycles. The molecule has 0 N–H and O–H groups in total. The quantitative estimate of drug-likeness (QED) is 0.571. The number of rotatable bonds is 4. The number of carbonyl (C=O) groups is 1. The molecule has 0 unspecified atom stereocenters. The van der Waals surface area contributed by atoms with Crippen LogP contribution >= 0.6 is 11.7 Å². The normalized spacial score (nSPS) is 20.6. The summed E-state index contributed by atoms with van der Waals surface area (Å²) in [6.07, 6.45) is 3.13. The standard InChI is InChI=1S/C21H24N6O3S2/c28-21(26-13-11-25(12-14-26)19-8-1-2-9-22-19)16-5-4-10-27(15-16)32(29,30)18-7-3-6-17-20(18)24-31-23-17/h1-3,6-9,16H,4-5,10-15H2/t16-/m1/s1. The molecule has 2 aliphatic rings. The number of anilines is 1. The second kappa shape index (κ2) is 8.72. The smallest absolute Gasteiger partial charge is 0.245 e. The van der Waals surface area contributed by atoms with E-state index in [1.807, 2.05) is 23.1 Å². The van der Waals surface area contributed by atoms with Crippen LogP contribution in [-0.2, 0) is 14.8 Å². The number of nitrogens with zero attached hydrogens (tertiary/aromatic N) is 6. The summed E-state index contributed by atoms with van der Waals surface area (Å²) in [5.74, 6) is 0.632. The number of aromatic nitrogens is 3. The summed E-state index contributed by atoms with van der Waals surface area (Å²) < 4.78 is 36.5. The van der Waals surface area contributed by atoms with Crippen molar-refractivity contribution in [2.75, 3.05) is 44.2 Å². The summed E-state index contributed by atoms with van der Waals surface area (Å²) in [6, 6.07) is 10.8. The molecule has 9 nitrogen and oxygen atoms in total. The molecule has 0 spiro atoms. The Kier molecular flexibility index (Phi) is 5.78. The Morgan fingerprint density at radius 3 is 2.62 bits per heavy atom. The van der Waals surface area contributed by atoms with E-state index in [2.05, 4.69) is 18.6 Å². The van der Waals surface area contributed by atoms with Crippen molar-refractivity contribution in [2.24, 2.45) is 5.92 Å². The van der Waals surface area contributed by atoms with Crippen molar-refractivity contribution in [2.45, 2.75) is 17.7 Å². The number of fused-ring (bicyclic) bond motifs is 1. The van der Waals surface area contributed by atoms with E-state index in [0.717, 1.165) is 30.6 Å². The van der Waals surface area contributed by atoms with Gasteiger partial charge in [-0.05, 0) is 37.1 Å². The van der Waals surface area contributed by atoms with E-state index < -0.39 is 10.0 Å². The molecule has 3 aromatic rings. The maximum atomic E-state index is 13.4. The van der Waals surface area contributed by atoms with Crippen LogP contribution in [0.3, 0.4) is 0 Å². The van der Waals surface area contributed by atoms with Crippen LogP contribution in [0.5, 0.6) is 0 Å². The first kappa shape index (κ1) is 21.2. The van der Waals surface area contributed by atoms with Gasteiger partial charge in [0.25, 0.3) is 0 Å². The van der Waals surface area contributed by atoms with Crippen LogP contribution in [0.4, 0.5) is 5.82 Å². The minimum atomic E-state index is -3.75. The minimum Gasteiger partial charge on any atom is -0.353 e. The average molecular weight is 473 g/mol. The Morgan fingerprint density at radius 1 is 1.00 bits per heavy atom. The van der Waals surface area contributed by atoms with Gasteiger partial charge in [0.05, 0.1) is 17.6 Å². The number of carbonyl (C=O) groups excluding carboxylic acids is 1. The van der Waals surface area contributed by atoms with Gasteiger partial charge >= 0.3 is 0 Å². The fourth-order valence-corrected chi connectivity index (χ4v) is 6.72. The monoisotopic (exact) mass is 472 g/mol. The fourth-order valence-electron chi connectivity index (χ4n) is 4.45. The Hall–Kier alpha value is -2.63. The maximum Gasteiger partial charge on any atom is 0.245 e. The lowest BCUT2D eigenvalue weighted by atomic mass is 9.98. The van der Waals surface area contributed by atoms with Crippen LogP contribution in [0.15, 0.2) is 47.5 Å². The molecular formula is C21H24N6O3S2. The van der Waals surface area contributed by atoms with E-state index in [-0.39, 0.29) is 23.3 Å². The highest BCUT2D eigenvalue weighted by Crippen LogP contribution is 2.29. The highest BCUT2D eigenvalue weighted by Gasteiger charge is 2.36. The fraction of sp³-hybridized carbons (Fsp3) is 0.429. The van der Waals surface area contributed by atoms with Crippen molar-refractivity contribution in [3.05, 3.63) is 42.6 Å². The lowest BCUT2D eigenvalue weighted by Crippen LogP contribution is -2.53. The average Bonchev–Trinajstić information content (AvgIpc) is 3.33. The molecule has 1 amide bonds. The molecule has 0 radical (unpaired) electrons. The van der Waals surface area contributed by atoms with Gasteiger partial charge in [-0.15, -0.1) is 0 Å². The lowest BCUT2D eigenvalue weighted by Gasteiger charge is -2.39. The molecule has 2 fully saturated rings. The van der Waals surface area contributed by atoms with Crippen LogP contribution < -0.4 is 4.90 Å². The third-order valence-corrected chi connectivity index (χ3v) is 8.60. The van der Waals surface area contributed by atoms with E-state index in [4.69, 9.17) is 0 Å². The van der Waals surface area contributed by atoms with Crippen molar-refractivity contribution < 1.29 is 13.2 Å². The second-order valence-corrected chi connectivity index (χ2v) is 10.5. The summed E-state index contributed by atoms with van der Waals surface area (Å²) in [4.78, 5) is 21.8. The molecule has 0 aliphatic carbocycles. The molecule has 168 valence electrons. The Balaban J connectivity index is 1.27. The molecule has 11 heteroatoms. The van der Waals surface area contributed by atoms with Crippen LogP contribution in [0, 0.1) is 5.92 Å².